The van der Waals surface area contributed by atoms with Crippen molar-refractivity contribution in [2.75, 3.05) is 6.54 Å². The minimum atomic E-state index is -0.954. The Morgan fingerprint density at radius 3 is 2.47 bits per heavy atom. The van der Waals surface area contributed by atoms with Gasteiger partial charge in [0.05, 0.1) is 12.8 Å². The monoisotopic (exact) mass is 267 g/mol. The second-order valence-corrected chi connectivity index (χ2v) is 4.59. The summed E-state index contributed by atoms with van der Waals surface area (Å²) < 4.78 is 13.5. The Morgan fingerprint density at radius 1 is 1.32 bits per heavy atom. The molecule has 0 aliphatic rings. The lowest BCUT2D eigenvalue weighted by molar-refractivity contribution is -0.139. The third-order valence-corrected chi connectivity index (χ3v) is 2.81. The van der Waals surface area contributed by atoms with Crippen LogP contribution in [-0.2, 0) is 16.0 Å². The number of hydrogen-bond acceptors (Lipinski definition) is 2. The van der Waals surface area contributed by atoms with Gasteiger partial charge in [-0.3, -0.25) is 9.59 Å². The highest BCUT2D eigenvalue weighted by atomic mass is 19.1. The zero-order chi connectivity index (χ0) is 14.4. The van der Waals surface area contributed by atoms with Crippen molar-refractivity contribution in [3.8, 4) is 0 Å². The minimum absolute atomic E-state index is 0.0511. The van der Waals surface area contributed by atoms with Crippen LogP contribution in [0.3, 0.4) is 0 Å². The van der Waals surface area contributed by atoms with E-state index in [4.69, 9.17) is 5.11 Å². The summed E-state index contributed by atoms with van der Waals surface area (Å²) in [5, 5.41) is 8.66. The van der Waals surface area contributed by atoms with Gasteiger partial charge in [0, 0.05) is 12.6 Å². The molecule has 0 unspecified atom stereocenters. The van der Waals surface area contributed by atoms with Crippen molar-refractivity contribution >= 4 is 11.9 Å². The summed E-state index contributed by atoms with van der Waals surface area (Å²) in [6.45, 7) is 3.75. The first-order valence-electron chi connectivity index (χ1n) is 6.16. The number of carboxylic acid groups (broad SMARTS) is 1. The number of carboxylic acids is 1. The molecule has 0 fully saturated rings. The molecule has 1 rings (SSSR count). The fraction of sp³-hybridized carbons (Fsp3) is 0.429. The molecule has 0 heterocycles. The van der Waals surface area contributed by atoms with Crippen LogP contribution in [0.2, 0.25) is 0 Å². The molecule has 0 aliphatic heterocycles. The lowest BCUT2D eigenvalue weighted by atomic mass is 10.1. The molecule has 104 valence electrons. The second kappa shape index (κ2) is 6.87. The van der Waals surface area contributed by atoms with E-state index in [2.05, 4.69) is 0 Å². The van der Waals surface area contributed by atoms with Gasteiger partial charge in [0.1, 0.15) is 5.82 Å². The van der Waals surface area contributed by atoms with Gasteiger partial charge >= 0.3 is 5.97 Å². The van der Waals surface area contributed by atoms with E-state index in [-0.39, 0.29) is 31.3 Å². The van der Waals surface area contributed by atoms with Crippen LogP contribution in [0, 0.1) is 5.82 Å². The number of halogens is 1. The number of hydrogen-bond donors (Lipinski definition) is 1. The van der Waals surface area contributed by atoms with Gasteiger partial charge in [-0.15, -0.1) is 0 Å². The first-order valence-corrected chi connectivity index (χ1v) is 6.16. The molecule has 19 heavy (non-hydrogen) atoms. The Labute approximate surface area is 111 Å². The number of benzene rings is 1. The van der Waals surface area contributed by atoms with Gasteiger partial charge in [-0.05, 0) is 25.5 Å². The summed E-state index contributed by atoms with van der Waals surface area (Å²) in [5.41, 5.74) is 0.327. The molecule has 0 aromatic heterocycles. The molecule has 0 atom stereocenters. The van der Waals surface area contributed by atoms with Crippen molar-refractivity contribution in [3.63, 3.8) is 0 Å². The summed E-state index contributed by atoms with van der Waals surface area (Å²) in [7, 11) is 0. The molecule has 0 saturated carbocycles. The van der Waals surface area contributed by atoms with Crippen LogP contribution < -0.4 is 0 Å². The summed E-state index contributed by atoms with van der Waals surface area (Å²) in [5.74, 6) is -1.64. The van der Waals surface area contributed by atoms with Crippen molar-refractivity contribution in [2.24, 2.45) is 0 Å². The van der Waals surface area contributed by atoms with Gasteiger partial charge in [-0.2, -0.15) is 0 Å². The lowest BCUT2D eigenvalue weighted by Crippen LogP contribution is -2.39. The first kappa shape index (κ1) is 15.1. The van der Waals surface area contributed by atoms with E-state index in [1.807, 2.05) is 0 Å². The molecule has 5 heteroatoms. The summed E-state index contributed by atoms with van der Waals surface area (Å²) in [6.07, 6.45) is -0.161. The zero-order valence-corrected chi connectivity index (χ0v) is 11.1. The van der Waals surface area contributed by atoms with Crippen LogP contribution >= 0.6 is 0 Å². The van der Waals surface area contributed by atoms with Crippen molar-refractivity contribution in [2.45, 2.75) is 32.7 Å². The van der Waals surface area contributed by atoms with Crippen LogP contribution in [0.1, 0.15) is 25.8 Å². The predicted molar refractivity (Wildman–Crippen MR) is 69.2 cm³/mol. The van der Waals surface area contributed by atoms with Crippen molar-refractivity contribution in [3.05, 3.63) is 35.6 Å². The van der Waals surface area contributed by atoms with Gasteiger partial charge < -0.3 is 10.0 Å². The fourth-order valence-electron chi connectivity index (χ4n) is 1.79. The Balaban J connectivity index is 2.72. The quantitative estimate of drug-likeness (QED) is 0.858. The maximum atomic E-state index is 13.5. The van der Waals surface area contributed by atoms with Gasteiger partial charge in [0.2, 0.25) is 5.91 Å². The molecule has 0 aliphatic carbocycles. The number of carbonyl (C=O) groups is 2. The number of nitrogens with zero attached hydrogens (tertiary/aromatic N) is 1. The molecule has 0 saturated heterocycles. The maximum absolute atomic E-state index is 13.5. The van der Waals surface area contributed by atoms with E-state index in [0.717, 1.165) is 0 Å². The maximum Gasteiger partial charge on any atom is 0.305 e. The molecule has 4 nitrogen and oxygen atoms in total. The molecule has 1 amide bonds. The highest BCUT2D eigenvalue weighted by Crippen LogP contribution is 2.10. The van der Waals surface area contributed by atoms with Crippen LogP contribution in [0.5, 0.6) is 0 Å². The zero-order valence-electron chi connectivity index (χ0n) is 11.1. The van der Waals surface area contributed by atoms with Crippen LogP contribution in [-0.4, -0.2) is 34.5 Å². The minimum Gasteiger partial charge on any atom is -0.481 e. The smallest absolute Gasteiger partial charge is 0.305 e. The van der Waals surface area contributed by atoms with Crippen molar-refractivity contribution in [1.29, 1.82) is 0 Å². The lowest BCUT2D eigenvalue weighted by Gasteiger charge is -2.26. The fourth-order valence-corrected chi connectivity index (χ4v) is 1.79. The number of aliphatic carboxylic acids is 1. The standard InChI is InChI=1S/C14H18FNO3/c1-10(2)16(8-7-14(18)19)13(17)9-11-5-3-4-6-12(11)15/h3-6,10H,7-9H2,1-2H3,(H,18,19). The number of carbonyl (C=O) groups excluding carboxylic acids is 1. The Morgan fingerprint density at radius 2 is 1.95 bits per heavy atom. The molecule has 1 aromatic carbocycles. The van der Waals surface area contributed by atoms with E-state index in [1.165, 1.54) is 11.0 Å². The molecule has 0 radical (unpaired) electrons. The molecule has 1 aromatic rings. The van der Waals surface area contributed by atoms with Gasteiger partial charge in [-0.25, -0.2) is 4.39 Å². The molecule has 0 bridgehead atoms. The SMILES string of the molecule is CC(C)N(CCC(=O)O)C(=O)Cc1ccccc1F. The van der Waals surface area contributed by atoms with E-state index in [9.17, 15) is 14.0 Å². The van der Waals surface area contributed by atoms with E-state index in [1.54, 1.807) is 32.0 Å². The summed E-state index contributed by atoms with van der Waals surface area (Å²) >= 11 is 0. The Kier molecular flexibility index (Phi) is 5.48. The average molecular weight is 267 g/mol. The topological polar surface area (TPSA) is 57.6 Å². The third kappa shape index (κ3) is 4.69. The van der Waals surface area contributed by atoms with E-state index < -0.39 is 11.8 Å². The van der Waals surface area contributed by atoms with Gasteiger partial charge in [0.15, 0.2) is 0 Å². The van der Waals surface area contributed by atoms with Gasteiger partial charge in [0.25, 0.3) is 0 Å². The third-order valence-electron chi connectivity index (χ3n) is 2.81. The summed E-state index contributed by atoms with van der Waals surface area (Å²) in [4.78, 5) is 24.1. The van der Waals surface area contributed by atoms with Crippen LogP contribution in [0.25, 0.3) is 0 Å². The normalized spacial score (nSPS) is 10.5. The first-order chi connectivity index (χ1) is 8.91. The molecular weight excluding hydrogens is 249 g/mol. The largest absolute Gasteiger partial charge is 0.481 e. The average Bonchev–Trinajstić information content (AvgIpc) is 2.31. The number of rotatable bonds is 6. The predicted octanol–water partition coefficient (Wildman–Crippen LogP) is 2.08. The van der Waals surface area contributed by atoms with Crippen molar-refractivity contribution < 1.29 is 19.1 Å². The second-order valence-electron chi connectivity index (χ2n) is 4.59. The van der Waals surface area contributed by atoms with E-state index in [0.29, 0.717) is 5.56 Å². The highest BCUT2D eigenvalue weighted by molar-refractivity contribution is 5.79. The highest BCUT2D eigenvalue weighted by Gasteiger charge is 2.19. The molecule has 0 spiro atoms. The van der Waals surface area contributed by atoms with Crippen LogP contribution in [0.4, 0.5) is 4.39 Å². The van der Waals surface area contributed by atoms with Crippen LogP contribution in [0.15, 0.2) is 24.3 Å². The van der Waals surface area contributed by atoms with E-state index >= 15 is 0 Å². The van der Waals surface area contributed by atoms with Crippen molar-refractivity contribution in [1.82, 2.24) is 4.90 Å². The van der Waals surface area contributed by atoms with Gasteiger partial charge in [-0.1, -0.05) is 18.2 Å². The Hall–Kier alpha value is -1.91. The number of amides is 1. The molecule has 1 N–H and O–H groups in total. The Bertz CT molecular complexity index is 460. The summed E-state index contributed by atoms with van der Waals surface area (Å²) in [6, 6.07) is 5.98. The molecular formula is C14H18FNO3.